The van der Waals surface area contributed by atoms with Gasteiger partial charge in [0, 0.05) is 39.8 Å². The first kappa shape index (κ1) is 15.9. The standard InChI is InChI=1S/C12H23N3O4/c1-13-11(16)10-15(3-2-12(17)18)5-4-14-6-8-19-9-7-14/h2-10H2,1H3,(H,13,16)(H,17,18). The average molecular weight is 273 g/mol. The summed E-state index contributed by atoms with van der Waals surface area (Å²) in [5, 5.41) is 11.3. The molecule has 0 aromatic heterocycles. The van der Waals surface area contributed by atoms with Crippen molar-refractivity contribution in [2.75, 3.05) is 59.5 Å². The average Bonchev–Trinajstić information content (AvgIpc) is 2.42. The van der Waals surface area contributed by atoms with Gasteiger partial charge in [0.2, 0.25) is 5.91 Å². The monoisotopic (exact) mass is 273 g/mol. The van der Waals surface area contributed by atoms with Crippen LogP contribution in [-0.4, -0.2) is 86.3 Å². The lowest BCUT2D eigenvalue weighted by atomic mass is 10.3. The fourth-order valence-corrected chi connectivity index (χ4v) is 1.91. The summed E-state index contributed by atoms with van der Waals surface area (Å²) in [6.07, 6.45) is 0.0557. The minimum absolute atomic E-state index is 0.0557. The lowest BCUT2D eigenvalue weighted by Crippen LogP contribution is -2.44. The molecule has 1 heterocycles. The van der Waals surface area contributed by atoms with Gasteiger partial charge in [-0.15, -0.1) is 0 Å². The first-order valence-electron chi connectivity index (χ1n) is 6.56. The third-order valence-electron chi connectivity index (χ3n) is 3.12. The molecule has 7 heteroatoms. The summed E-state index contributed by atoms with van der Waals surface area (Å²) >= 11 is 0. The van der Waals surface area contributed by atoms with E-state index in [4.69, 9.17) is 9.84 Å². The van der Waals surface area contributed by atoms with Gasteiger partial charge in [-0.1, -0.05) is 0 Å². The molecule has 0 unspecified atom stereocenters. The molecule has 1 aliphatic rings. The number of rotatable bonds is 8. The minimum atomic E-state index is -0.840. The molecule has 2 N–H and O–H groups in total. The van der Waals surface area contributed by atoms with Gasteiger partial charge < -0.3 is 15.2 Å². The Balaban J connectivity index is 2.33. The molecule has 19 heavy (non-hydrogen) atoms. The smallest absolute Gasteiger partial charge is 0.304 e. The van der Waals surface area contributed by atoms with Gasteiger partial charge in [0.25, 0.3) is 0 Å². The van der Waals surface area contributed by atoms with Crippen molar-refractivity contribution in [2.45, 2.75) is 6.42 Å². The Kier molecular flexibility index (Phi) is 7.39. The van der Waals surface area contributed by atoms with E-state index in [-0.39, 0.29) is 18.9 Å². The highest BCUT2D eigenvalue weighted by atomic mass is 16.5. The first-order chi connectivity index (χ1) is 9.11. The van der Waals surface area contributed by atoms with E-state index < -0.39 is 5.97 Å². The fourth-order valence-electron chi connectivity index (χ4n) is 1.91. The number of carbonyl (C=O) groups excluding carboxylic acids is 1. The van der Waals surface area contributed by atoms with E-state index in [1.54, 1.807) is 7.05 Å². The van der Waals surface area contributed by atoms with Crippen LogP contribution in [0.3, 0.4) is 0 Å². The van der Waals surface area contributed by atoms with Gasteiger partial charge in [-0.05, 0) is 0 Å². The summed E-state index contributed by atoms with van der Waals surface area (Å²) in [4.78, 5) is 26.1. The minimum Gasteiger partial charge on any atom is -0.481 e. The highest BCUT2D eigenvalue weighted by Crippen LogP contribution is 1.99. The van der Waals surface area contributed by atoms with Crippen molar-refractivity contribution in [1.29, 1.82) is 0 Å². The Labute approximate surface area is 113 Å². The summed E-state index contributed by atoms with van der Waals surface area (Å²) in [7, 11) is 1.58. The summed E-state index contributed by atoms with van der Waals surface area (Å²) in [5.41, 5.74) is 0. The van der Waals surface area contributed by atoms with Crippen molar-refractivity contribution in [2.24, 2.45) is 0 Å². The topological polar surface area (TPSA) is 82.1 Å². The number of carbonyl (C=O) groups is 2. The maximum Gasteiger partial charge on any atom is 0.304 e. The number of aliphatic carboxylic acids is 1. The van der Waals surface area contributed by atoms with E-state index >= 15 is 0 Å². The normalized spacial score (nSPS) is 16.5. The molecular formula is C12H23N3O4. The van der Waals surface area contributed by atoms with E-state index in [0.29, 0.717) is 13.1 Å². The van der Waals surface area contributed by atoms with E-state index in [1.807, 2.05) is 4.90 Å². The van der Waals surface area contributed by atoms with Crippen LogP contribution in [0, 0.1) is 0 Å². The molecule has 0 atom stereocenters. The fraction of sp³-hybridized carbons (Fsp3) is 0.833. The van der Waals surface area contributed by atoms with Gasteiger partial charge in [0.15, 0.2) is 0 Å². The molecular weight excluding hydrogens is 250 g/mol. The SMILES string of the molecule is CNC(=O)CN(CCC(=O)O)CCN1CCOCC1. The van der Waals surface area contributed by atoms with Crippen molar-refractivity contribution in [3.63, 3.8) is 0 Å². The molecule has 1 fully saturated rings. The molecule has 0 saturated carbocycles. The van der Waals surface area contributed by atoms with Crippen LogP contribution in [0.15, 0.2) is 0 Å². The first-order valence-corrected chi connectivity index (χ1v) is 6.56. The van der Waals surface area contributed by atoms with Crippen LogP contribution in [0.2, 0.25) is 0 Å². The van der Waals surface area contributed by atoms with Crippen molar-refractivity contribution in [3.8, 4) is 0 Å². The van der Waals surface area contributed by atoms with Crippen LogP contribution in [0.1, 0.15) is 6.42 Å². The Morgan fingerprint density at radius 2 is 2.00 bits per heavy atom. The second-order valence-corrected chi connectivity index (χ2v) is 4.55. The van der Waals surface area contributed by atoms with Crippen LogP contribution in [-0.2, 0) is 14.3 Å². The van der Waals surface area contributed by atoms with Crippen LogP contribution in [0.25, 0.3) is 0 Å². The summed E-state index contributed by atoms with van der Waals surface area (Å²) in [6, 6.07) is 0. The van der Waals surface area contributed by atoms with Crippen molar-refractivity contribution in [3.05, 3.63) is 0 Å². The quantitative estimate of drug-likeness (QED) is 0.580. The Bertz CT molecular complexity index is 293. The summed E-state index contributed by atoms with van der Waals surface area (Å²) in [5.74, 6) is -0.930. The van der Waals surface area contributed by atoms with Gasteiger partial charge in [0.1, 0.15) is 0 Å². The lowest BCUT2D eigenvalue weighted by molar-refractivity contribution is -0.137. The van der Waals surface area contributed by atoms with E-state index in [1.165, 1.54) is 0 Å². The van der Waals surface area contributed by atoms with Crippen LogP contribution in [0.5, 0.6) is 0 Å². The van der Waals surface area contributed by atoms with E-state index in [9.17, 15) is 9.59 Å². The highest BCUT2D eigenvalue weighted by Gasteiger charge is 2.15. The Morgan fingerprint density at radius 3 is 2.58 bits per heavy atom. The molecule has 1 aliphatic heterocycles. The largest absolute Gasteiger partial charge is 0.481 e. The number of hydrogen-bond donors (Lipinski definition) is 2. The molecule has 1 amide bonds. The number of amides is 1. The highest BCUT2D eigenvalue weighted by molar-refractivity contribution is 5.77. The molecule has 0 radical (unpaired) electrons. The number of morpholine rings is 1. The maximum absolute atomic E-state index is 11.4. The molecule has 0 bridgehead atoms. The molecule has 1 rings (SSSR count). The third-order valence-corrected chi connectivity index (χ3v) is 3.12. The van der Waals surface area contributed by atoms with Gasteiger partial charge in [0.05, 0.1) is 26.2 Å². The number of hydrogen-bond acceptors (Lipinski definition) is 5. The number of nitrogens with one attached hydrogen (secondary N) is 1. The van der Waals surface area contributed by atoms with Crippen LogP contribution >= 0.6 is 0 Å². The van der Waals surface area contributed by atoms with Crippen LogP contribution < -0.4 is 5.32 Å². The predicted octanol–water partition coefficient (Wildman–Crippen LogP) is -1.16. The zero-order chi connectivity index (χ0) is 14.1. The van der Waals surface area contributed by atoms with Crippen LogP contribution in [0.4, 0.5) is 0 Å². The predicted molar refractivity (Wildman–Crippen MR) is 70.0 cm³/mol. The van der Waals surface area contributed by atoms with E-state index in [0.717, 1.165) is 32.8 Å². The zero-order valence-corrected chi connectivity index (χ0v) is 11.4. The summed E-state index contributed by atoms with van der Waals surface area (Å²) < 4.78 is 5.27. The molecule has 0 aliphatic carbocycles. The maximum atomic E-state index is 11.4. The second kappa shape index (κ2) is 8.84. The number of carboxylic acid groups (broad SMARTS) is 1. The number of nitrogens with zero attached hydrogens (tertiary/aromatic N) is 2. The summed E-state index contributed by atoms with van der Waals surface area (Å²) in [6.45, 7) is 5.44. The zero-order valence-electron chi connectivity index (χ0n) is 11.4. The number of carboxylic acids is 1. The third kappa shape index (κ3) is 7.09. The van der Waals surface area contributed by atoms with Crippen molar-refractivity contribution >= 4 is 11.9 Å². The van der Waals surface area contributed by atoms with Gasteiger partial charge in [-0.3, -0.25) is 19.4 Å². The molecule has 7 nitrogen and oxygen atoms in total. The van der Waals surface area contributed by atoms with E-state index in [2.05, 4.69) is 10.2 Å². The van der Waals surface area contributed by atoms with Gasteiger partial charge in [-0.25, -0.2) is 0 Å². The second-order valence-electron chi connectivity index (χ2n) is 4.55. The molecule has 0 aromatic rings. The van der Waals surface area contributed by atoms with Crippen molar-refractivity contribution < 1.29 is 19.4 Å². The lowest BCUT2D eigenvalue weighted by Gasteiger charge is -2.29. The molecule has 0 spiro atoms. The molecule has 1 saturated heterocycles. The molecule has 0 aromatic carbocycles. The Hall–Kier alpha value is -1.18. The Morgan fingerprint density at radius 1 is 1.32 bits per heavy atom. The number of likely N-dealkylation sites (N-methyl/N-ethyl adjacent to an activating group) is 1. The molecule has 110 valence electrons. The van der Waals surface area contributed by atoms with Gasteiger partial charge >= 0.3 is 5.97 Å². The van der Waals surface area contributed by atoms with Gasteiger partial charge in [-0.2, -0.15) is 0 Å². The number of ether oxygens (including phenoxy) is 1. The van der Waals surface area contributed by atoms with Crippen molar-refractivity contribution in [1.82, 2.24) is 15.1 Å².